The molecule has 0 N–H and O–H groups in total. The quantitative estimate of drug-likeness (QED) is 0.350. The fourth-order valence-corrected chi connectivity index (χ4v) is 8.00. The predicted molar refractivity (Wildman–Crippen MR) is 82.7 cm³/mol. The largest absolute Gasteiger partial charge is 0.456 e. The molecule has 0 aliphatic heterocycles. The SMILES string of the molecule is C[Si](C)(C)OP(=O)(OC(Cl)C(Cl)Cl)O[Si](C)(C)C. The molecule has 10 heteroatoms. The molecule has 0 radical (unpaired) electrons. The summed E-state index contributed by atoms with van der Waals surface area (Å²) in [5.74, 6) is 0. The van der Waals surface area contributed by atoms with E-state index < -0.39 is 34.9 Å². The van der Waals surface area contributed by atoms with Crippen molar-refractivity contribution in [3.8, 4) is 0 Å². The molecule has 4 nitrogen and oxygen atoms in total. The average molecular weight is 374 g/mol. The molecule has 1 unspecified atom stereocenters. The van der Waals surface area contributed by atoms with Gasteiger partial charge in [-0.2, -0.15) is 0 Å². The lowest BCUT2D eigenvalue weighted by molar-refractivity contribution is 0.194. The lowest BCUT2D eigenvalue weighted by Crippen LogP contribution is -2.31. The molecule has 1 atom stereocenters. The minimum absolute atomic E-state index is 1.02. The molecule has 0 aliphatic carbocycles. The van der Waals surface area contributed by atoms with Crippen LogP contribution in [0.5, 0.6) is 0 Å². The number of rotatable bonds is 7. The van der Waals surface area contributed by atoms with Crippen molar-refractivity contribution in [3.63, 3.8) is 0 Å². The van der Waals surface area contributed by atoms with E-state index in [2.05, 4.69) is 0 Å². The van der Waals surface area contributed by atoms with Crippen molar-refractivity contribution in [2.24, 2.45) is 0 Å². The Bertz CT molecular complexity index is 296. The van der Waals surface area contributed by atoms with E-state index in [1.807, 2.05) is 39.3 Å². The average Bonchev–Trinajstić information content (AvgIpc) is 1.93. The summed E-state index contributed by atoms with van der Waals surface area (Å²) in [6, 6.07) is 0. The molecule has 18 heavy (non-hydrogen) atoms. The molecule has 0 aliphatic rings. The minimum Gasteiger partial charge on any atom is -0.331 e. The molecule has 0 aromatic rings. The molecular formula is C8H20Cl3O4PSi2. The molecule has 0 aromatic heterocycles. The Kier molecular flexibility index (Phi) is 7.46. The van der Waals surface area contributed by atoms with Gasteiger partial charge in [0.25, 0.3) is 0 Å². The van der Waals surface area contributed by atoms with Gasteiger partial charge in [-0.1, -0.05) is 11.6 Å². The Morgan fingerprint density at radius 3 is 1.44 bits per heavy atom. The van der Waals surface area contributed by atoms with Crippen LogP contribution in [-0.4, -0.2) is 27.0 Å². The van der Waals surface area contributed by atoms with E-state index in [4.69, 9.17) is 47.8 Å². The van der Waals surface area contributed by atoms with E-state index >= 15 is 0 Å². The van der Waals surface area contributed by atoms with Gasteiger partial charge >= 0.3 is 7.82 Å². The van der Waals surface area contributed by atoms with Gasteiger partial charge in [0.2, 0.25) is 0 Å². The highest BCUT2D eigenvalue weighted by atomic mass is 35.5. The van der Waals surface area contributed by atoms with Crippen molar-refractivity contribution >= 4 is 59.3 Å². The van der Waals surface area contributed by atoms with E-state index in [9.17, 15) is 4.57 Å². The first-order valence-electron chi connectivity index (χ1n) is 5.36. The maximum Gasteiger partial charge on any atom is 0.456 e. The predicted octanol–water partition coefficient (Wildman–Crippen LogP) is 5.18. The van der Waals surface area contributed by atoms with Crippen molar-refractivity contribution in [3.05, 3.63) is 0 Å². The van der Waals surface area contributed by atoms with Crippen LogP contribution in [0.4, 0.5) is 0 Å². The zero-order valence-corrected chi connectivity index (χ0v) is 16.5. The third-order valence-electron chi connectivity index (χ3n) is 1.20. The molecule has 0 rings (SSSR count). The first kappa shape index (κ1) is 19.4. The van der Waals surface area contributed by atoms with Gasteiger partial charge in [0.1, 0.15) is 4.84 Å². The summed E-state index contributed by atoms with van der Waals surface area (Å²) in [5.41, 5.74) is -1.15. The second-order valence-electron chi connectivity index (χ2n) is 5.65. The summed E-state index contributed by atoms with van der Waals surface area (Å²) < 4.78 is 28.7. The van der Waals surface area contributed by atoms with E-state index in [0.29, 0.717) is 0 Å². The van der Waals surface area contributed by atoms with Gasteiger partial charge in [-0.3, -0.25) is 4.52 Å². The summed E-state index contributed by atoms with van der Waals surface area (Å²) in [6.07, 6.45) is 0. The Hall–Kier alpha value is 1.41. The standard InChI is InChI=1S/C8H20Cl3O4PSi2/c1-17(2,3)14-16(12,15-18(4,5)6)13-8(11)7(9)10/h7-8H,1-6H3. The Balaban J connectivity index is 4.99. The molecule has 0 bridgehead atoms. The maximum atomic E-state index is 12.6. The van der Waals surface area contributed by atoms with Gasteiger partial charge in [0.05, 0.1) is 0 Å². The highest BCUT2D eigenvalue weighted by molar-refractivity contribution is 7.52. The number of hydrogen-bond acceptors (Lipinski definition) is 4. The van der Waals surface area contributed by atoms with Crippen LogP contribution in [-0.2, 0) is 17.5 Å². The minimum atomic E-state index is -3.75. The van der Waals surface area contributed by atoms with E-state index in [1.54, 1.807) is 0 Å². The van der Waals surface area contributed by atoms with Gasteiger partial charge in [-0.15, -0.1) is 23.2 Å². The molecule has 0 saturated carbocycles. The monoisotopic (exact) mass is 372 g/mol. The van der Waals surface area contributed by atoms with E-state index in [-0.39, 0.29) is 0 Å². The van der Waals surface area contributed by atoms with Gasteiger partial charge in [-0.05, 0) is 39.3 Å². The van der Waals surface area contributed by atoms with E-state index in [0.717, 1.165) is 0 Å². The lowest BCUT2D eigenvalue weighted by Gasteiger charge is -2.31. The molecule has 0 fully saturated rings. The zero-order chi connectivity index (χ0) is 14.8. The van der Waals surface area contributed by atoms with Gasteiger partial charge in [0.15, 0.2) is 22.2 Å². The summed E-state index contributed by atoms with van der Waals surface area (Å²) in [5, 5.41) is 0. The molecule has 0 heterocycles. The van der Waals surface area contributed by atoms with Crippen molar-refractivity contribution in [1.82, 2.24) is 0 Å². The van der Waals surface area contributed by atoms with Crippen LogP contribution >= 0.6 is 42.6 Å². The zero-order valence-electron chi connectivity index (χ0n) is 11.4. The topological polar surface area (TPSA) is 44.8 Å². The van der Waals surface area contributed by atoms with Crippen LogP contribution in [0.1, 0.15) is 0 Å². The second kappa shape index (κ2) is 6.92. The lowest BCUT2D eigenvalue weighted by atomic mass is 10.8. The van der Waals surface area contributed by atoms with Gasteiger partial charge < -0.3 is 8.43 Å². The first-order valence-corrected chi connectivity index (χ1v) is 14.9. The van der Waals surface area contributed by atoms with Crippen molar-refractivity contribution in [2.75, 3.05) is 0 Å². The molecule has 0 spiro atoms. The highest BCUT2D eigenvalue weighted by Crippen LogP contribution is 2.55. The van der Waals surface area contributed by atoms with Crippen LogP contribution in [0.2, 0.25) is 39.3 Å². The fourth-order valence-electron chi connectivity index (χ4n) is 0.902. The second-order valence-corrected chi connectivity index (χ2v) is 18.3. The summed E-state index contributed by atoms with van der Waals surface area (Å²) >= 11 is 16.9. The summed E-state index contributed by atoms with van der Waals surface area (Å²) in [4.78, 5) is -1.02. The van der Waals surface area contributed by atoms with Gasteiger partial charge in [0, 0.05) is 0 Å². The van der Waals surface area contributed by atoms with Crippen molar-refractivity contribution < 1.29 is 17.5 Å². The maximum absolute atomic E-state index is 12.6. The van der Waals surface area contributed by atoms with Crippen LogP contribution in [0.3, 0.4) is 0 Å². The van der Waals surface area contributed by atoms with Crippen LogP contribution in [0.15, 0.2) is 0 Å². The Morgan fingerprint density at radius 1 is 0.889 bits per heavy atom. The number of hydrogen-bond donors (Lipinski definition) is 0. The van der Waals surface area contributed by atoms with Crippen molar-refractivity contribution in [2.45, 2.75) is 49.7 Å². The highest BCUT2D eigenvalue weighted by Gasteiger charge is 2.40. The third kappa shape index (κ3) is 9.34. The Morgan fingerprint density at radius 2 is 1.22 bits per heavy atom. The summed E-state index contributed by atoms with van der Waals surface area (Å²) in [7, 11) is -8.01. The molecule has 0 aromatic carbocycles. The van der Waals surface area contributed by atoms with Crippen molar-refractivity contribution in [1.29, 1.82) is 0 Å². The number of phosphoric acid groups is 1. The molecule has 0 amide bonds. The smallest absolute Gasteiger partial charge is 0.331 e. The first-order chi connectivity index (χ1) is 7.74. The van der Waals surface area contributed by atoms with E-state index in [1.165, 1.54) is 0 Å². The fraction of sp³-hybridized carbons (Fsp3) is 1.00. The Labute approximate surface area is 126 Å². The van der Waals surface area contributed by atoms with Crippen LogP contribution < -0.4 is 0 Å². The number of alkyl halides is 3. The van der Waals surface area contributed by atoms with Gasteiger partial charge in [-0.25, -0.2) is 4.57 Å². The molecule has 0 saturated heterocycles. The summed E-state index contributed by atoms with van der Waals surface area (Å²) in [6.45, 7) is 11.2. The number of halogens is 3. The molecule has 110 valence electrons. The third-order valence-corrected chi connectivity index (χ3v) is 9.04. The normalized spacial score (nSPS) is 16.1. The van der Waals surface area contributed by atoms with Crippen LogP contribution in [0.25, 0.3) is 0 Å². The molecular weight excluding hydrogens is 354 g/mol. The van der Waals surface area contributed by atoms with Crippen LogP contribution in [0, 0.1) is 0 Å².